The summed E-state index contributed by atoms with van der Waals surface area (Å²) >= 11 is 9.25. The third-order valence-electron chi connectivity index (χ3n) is 2.43. The predicted molar refractivity (Wildman–Crippen MR) is 75.1 cm³/mol. The van der Waals surface area contributed by atoms with Crippen molar-refractivity contribution in [2.75, 3.05) is 0 Å². The molecule has 0 saturated carbocycles. The molecule has 0 amide bonds. The van der Waals surface area contributed by atoms with E-state index in [9.17, 15) is 0 Å². The molecule has 2 nitrogen and oxygen atoms in total. The van der Waals surface area contributed by atoms with Crippen molar-refractivity contribution in [3.05, 3.63) is 57.0 Å². The number of benzene rings is 2. The van der Waals surface area contributed by atoms with Gasteiger partial charge in [-0.15, -0.1) is 0 Å². The summed E-state index contributed by atoms with van der Waals surface area (Å²) in [6.07, 6.45) is 0. The summed E-state index contributed by atoms with van der Waals surface area (Å²) < 4.78 is 6.58. The number of hydrogen-bond donors (Lipinski definition) is 0. The van der Waals surface area contributed by atoms with Crippen LogP contribution in [0, 0.1) is 18.3 Å². The van der Waals surface area contributed by atoms with Gasteiger partial charge in [-0.25, -0.2) is 0 Å². The van der Waals surface area contributed by atoms with Crippen LogP contribution in [0.2, 0.25) is 5.02 Å². The molecule has 0 N–H and O–H groups in total. The summed E-state index contributed by atoms with van der Waals surface area (Å²) in [6, 6.07) is 12.8. The fourth-order valence-electron chi connectivity index (χ4n) is 1.48. The zero-order valence-electron chi connectivity index (χ0n) is 9.58. The fraction of sp³-hybridized carbons (Fsp3) is 0.0714. The second-order valence-electron chi connectivity index (χ2n) is 3.76. The second kappa shape index (κ2) is 5.43. The van der Waals surface area contributed by atoms with E-state index in [0.717, 1.165) is 10.0 Å². The van der Waals surface area contributed by atoms with Gasteiger partial charge in [0.05, 0.1) is 5.56 Å². The summed E-state index contributed by atoms with van der Waals surface area (Å²) in [5.74, 6) is 1.17. The minimum atomic E-state index is 0.476. The molecule has 0 atom stereocenters. The SMILES string of the molecule is Cc1ccc(Cl)cc1Oc1ccc(Br)cc1C#N. The van der Waals surface area contributed by atoms with Crippen molar-refractivity contribution in [2.24, 2.45) is 0 Å². The van der Waals surface area contributed by atoms with Crippen molar-refractivity contribution in [1.29, 1.82) is 5.26 Å². The van der Waals surface area contributed by atoms with E-state index in [2.05, 4.69) is 22.0 Å². The van der Waals surface area contributed by atoms with Crippen molar-refractivity contribution in [2.45, 2.75) is 6.92 Å². The molecule has 0 aliphatic carbocycles. The van der Waals surface area contributed by atoms with Crippen LogP contribution in [0.5, 0.6) is 11.5 Å². The van der Waals surface area contributed by atoms with Gasteiger partial charge in [0.25, 0.3) is 0 Å². The van der Waals surface area contributed by atoms with Crippen LogP contribution in [-0.2, 0) is 0 Å². The minimum absolute atomic E-state index is 0.476. The predicted octanol–water partition coefficient (Wildman–Crippen LogP) is 5.07. The van der Waals surface area contributed by atoms with Crippen LogP contribution in [0.1, 0.15) is 11.1 Å². The first-order chi connectivity index (χ1) is 8.60. The maximum atomic E-state index is 9.07. The van der Waals surface area contributed by atoms with E-state index >= 15 is 0 Å². The molecule has 2 aromatic rings. The molecule has 2 aromatic carbocycles. The first kappa shape index (κ1) is 12.9. The normalized spacial score (nSPS) is 9.89. The molecule has 0 radical (unpaired) electrons. The molecule has 0 aliphatic rings. The molecule has 0 saturated heterocycles. The number of aryl methyl sites for hydroxylation is 1. The van der Waals surface area contributed by atoms with Gasteiger partial charge in [-0.05, 0) is 42.8 Å². The molecule has 0 fully saturated rings. The molecule has 0 unspecified atom stereocenters. The highest BCUT2D eigenvalue weighted by Gasteiger charge is 2.07. The zero-order chi connectivity index (χ0) is 13.1. The Morgan fingerprint density at radius 3 is 2.67 bits per heavy atom. The number of halogens is 2. The van der Waals surface area contributed by atoms with Crippen LogP contribution < -0.4 is 4.74 Å². The van der Waals surface area contributed by atoms with Crippen molar-refractivity contribution in [1.82, 2.24) is 0 Å². The van der Waals surface area contributed by atoms with E-state index in [1.807, 2.05) is 19.1 Å². The lowest BCUT2D eigenvalue weighted by Crippen LogP contribution is -1.90. The van der Waals surface area contributed by atoms with Crippen molar-refractivity contribution < 1.29 is 4.74 Å². The lowest BCUT2D eigenvalue weighted by atomic mass is 10.2. The van der Waals surface area contributed by atoms with Crippen molar-refractivity contribution in [3.63, 3.8) is 0 Å². The largest absolute Gasteiger partial charge is 0.456 e. The first-order valence-corrected chi connectivity index (χ1v) is 6.41. The fourth-order valence-corrected chi connectivity index (χ4v) is 2.00. The summed E-state index contributed by atoms with van der Waals surface area (Å²) in [5.41, 5.74) is 1.44. The lowest BCUT2D eigenvalue weighted by Gasteiger charge is -2.10. The molecular formula is C14H9BrClNO. The number of nitriles is 1. The Bertz CT molecular complexity index is 634. The van der Waals surface area contributed by atoms with Gasteiger partial charge >= 0.3 is 0 Å². The summed E-state index contributed by atoms with van der Waals surface area (Å²) in [4.78, 5) is 0. The van der Waals surface area contributed by atoms with Gasteiger partial charge in [0.2, 0.25) is 0 Å². The Balaban J connectivity index is 2.40. The highest BCUT2D eigenvalue weighted by molar-refractivity contribution is 9.10. The third-order valence-corrected chi connectivity index (χ3v) is 3.16. The number of ether oxygens (including phenoxy) is 1. The van der Waals surface area contributed by atoms with E-state index in [-0.39, 0.29) is 0 Å². The second-order valence-corrected chi connectivity index (χ2v) is 5.12. The van der Waals surface area contributed by atoms with E-state index in [4.69, 9.17) is 21.6 Å². The maximum Gasteiger partial charge on any atom is 0.145 e. The van der Waals surface area contributed by atoms with Gasteiger partial charge in [-0.1, -0.05) is 33.6 Å². The van der Waals surface area contributed by atoms with Gasteiger partial charge in [-0.3, -0.25) is 0 Å². The molecule has 4 heteroatoms. The standard InChI is InChI=1S/C14H9BrClNO/c1-9-2-4-12(16)7-14(9)18-13-5-3-11(15)6-10(13)8-17/h2-7H,1H3. The van der Waals surface area contributed by atoms with Crippen LogP contribution in [0.25, 0.3) is 0 Å². The molecule has 0 bridgehead atoms. The molecule has 0 heterocycles. The average Bonchev–Trinajstić information content (AvgIpc) is 2.36. The maximum absolute atomic E-state index is 9.07. The molecule has 18 heavy (non-hydrogen) atoms. The Hall–Kier alpha value is -1.50. The highest BCUT2D eigenvalue weighted by Crippen LogP contribution is 2.31. The van der Waals surface area contributed by atoms with Gasteiger partial charge in [-0.2, -0.15) is 5.26 Å². The van der Waals surface area contributed by atoms with E-state index in [1.54, 1.807) is 24.3 Å². The van der Waals surface area contributed by atoms with Gasteiger partial charge < -0.3 is 4.74 Å². The average molecular weight is 323 g/mol. The highest BCUT2D eigenvalue weighted by atomic mass is 79.9. The summed E-state index contributed by atoms with van der Waals surface area (Å²) in [6.45, 7) is 1.93. The third kappa shape index (κ3) is 2.84. The van der Waals surface area contributed by atoms with Crippen LogP contribution in [0.4, 0.5) is 0 Å². The Morgan fingerprint density at radius 1 is 1.17 bits per heavy atom. The van der Waals surface area contributed by atoms with Crippen molar-refractivity contribution in [3.8, 4) is 17.6 Å². The molecular weight excluding hydrogens is 314 g/mol. The topological polar surface area (TPSA) is 33.0 Å². The van der Waals surface area contributed by atoms with E-state index < -0.39 is 0 Å². The zero-order valence-corrected chi connectivity index (χ0v) is 11.9. The smallest absolute Gasteiger partial charge is 0.145 e. The van der Waals surface area contributed by atoms with Crippen LogP contribution >= 0.6 is 27.5 Å². The van der Waals surface area contributed by atoms with Gasteiger partial charge in [0.15, 0.2) is 0 Å². The lowest BCUT2D eigenvalue weighted by molar-refractivity contribution is 0.477. The number of rotatable bonds is 2. The van der Waals surface area contributed by atoms with Crippen molar-refractivity contribution >= 4 is 27.5 Å². The van der Waals surface area contributed by atoms with E-state index in [0.29, 0.717) is 22.1 Å². The van der Waals surface area contributed by atoms with Gasteiger partial charge in [0, 0.05) is 9.50 Å². The Labute approximate surface area is 119 Å². The van der Waals surface area contributed by atoms with Crippen LogP contribution in [-0.4, -0.2) is 0 Å². The molecule has 90 valence electrons. The van der Waals surface area contributed by atoms with Crippen LogP contribution in [0.3, 0.4) is 0 Å². The molecule has 0 aliphatic heterocycles. The van der Waals surface area contributed by atoms with Crippen LogP contribution in [0.15, 0.2) is 40.9 Å². The number of hydrogen-bond acceptors (Lipinski definition) is 2. The first-order valence-electron chi connectivity index (χ1n) is 5.24. The summed E-state index contributed by atoms with van der Waals surface area (Å²) in [7, 11) is 0. The molecule has 2 rings (SSSR count). The summed E-state index contributed by atoms with van der Waals surface area (Å²) in [5, 5.41) is 9.67. The molecule has 0 aromatic heterocycles. The molecule has 0 spiro atoms. The monoisotopic (exact) mass is 321 g/mol. The quantitative estimate of drug-likeness (QED) is 0.773. The van der Waals surface area contributed by atoms with E-state index in [1.165, 1.54) is 0 Å². The minimum Gasteiger partial charge on any atom is -0.456 e. The Kier molecular flexibility index (Phi) is 3.90. The Morgan fingerprint density at radius 2 is 1.94 bits per heavy atom. The number of nitrogens with zero attached hydrogens (tertiary/aromatic N) is 1. The van der Waals surface area contributed by atoms with Gasteiger partial charge in [0.1, 0.15) is 17.6 Å².